The molecular weight excluding hydrogens is 240 g/mol. The molecule has 19 heavy (non-hydrogen) atoms. The molecule has 1 aromatic rings. The maximum atomic E-state index is 5.97. The molecule has 0 aromatic heterocycles. The van der Waals surface area contributed by atoms with E-state index < -0.39 is 0 Å². The lowest BCUT2D eigenvalue weighted by Crippen LogP contribution is -2.49. The van der Waals surface area contributed by atoms with Crippen molar-refractivity contribution in [1.82, 2.24) is 4.90 Å². The van der Waals surface area contributed by atoms with Crippen molar-refractivity contribution in [2.24, 2.45) is 5.73 Å². The fourth-order valence-corrected chi connectivity index (χ4v) is 2.39. The second-order valence-corrected chi connectivity index (χ2v) is 4.81. The highest BCUT2D eigenvalue weighted by Gasteiger charge is 2.20. The SMILES string of the molecule is CCc1ccccc1OCC(CN)N1CCOCC1. The second kappa shape index (κ2) is 7.48. The first-order chi connectivity index (χ1) is 9.35. The van der Waals surface area contributed by atoms with E-state index in [0.717, 1.165) is 38.5 Å². The number of morpholine rings is 1. The molecule has 1 aliphatic heterocycles. The fourth-order valence-electron chi connectivity index (χ4n) is 2.39. The van der Waals surface area contributed by atoms with Crippen molar-refractivity contribution < 1.29 is 9.47 Å². The van der Waals surface area contributed by atoms with Crippen LogP contribution in [-0.4, -0.2) is 50.4 Å². The van der Waals surface area contributed by atoms with Crippen molar-refractivity contribution in [3.63, 3.8) is 0 Å². The summed E-state index contributed by atoms with van der Waals surface area (Å²) in [5.74, 6) is 0.983. The number of ether oxygens (including phenoxy) is 2. The van der Waals surface area contributed by atoms with Gasteiger partial charge in [0.15, 0.2) is 0 Å². The molecule has 4 nitrogen and oxygen atoms in total. The molecule has 1 saturated heterocycles. The molecule has 1 aliphatic rings. The zero-order chi connectivity index (χ0) is 13.5. The van der Waals surface area contributed by atoms with Crippen LogP contribution in [-0.2, 0) is 11.2 Å². The molecule has 1 heterocycles. The second-order valence-electron chi connectivity index (χ2n) is 4.81. The van der Waals surface area contributed by atoms with E-state index in [-0.39, 0.29) is 6.04 Å². The van der Waals surface area contributed by atoms with Crippen molar-refractivity contribution in [1.29, 1.82) is 0 Å². The molecule has 1 fully saturated rings. The standard InChI is InChI=1S/C15H24N2O2/c1-2-13-5-3-4-6-15(13)19-12-14(11-16)17-7-9-18-10-8-17/h3-6,14H,2,7-12,16H2,1H3. The first kappa shape index (κ1) is 14.3. The number of nitrogens with two attached hydrogens (primary N) is 1. The first-order valence-electron chi connectivity index (χ1n) is 7.07. The fraction of sp³-hybridized carbons (Fsp3) is 0.600. The largest absolute Gasteiger partial charge is 0.492 e. The third-order valence-corrected chi connectivity index (χ3v) is 3.62. The van der Waals surface area contributed by atoms with Crippen LogP contribution in [0.2, 0.25) is 0 Å². The third kappa shape index (κ3) is 3.93. The zero-order valence-corrected chi connectivity index (χ0v) is 11.7. The summed E-state index contributed by atoms with van der Waals surface area (Å²) in [5.41, 5.74) is 7.13. The van der Waals surface area contributed by atoms with E-state index >= 15 is 0 Å². The van der Waals surface area contributed by atoms with Crippen molar-refractivity contribution in [2.75, 3.05) is 39.5 Å². The van der Waals surface area contributed by atoms with Crippen LogP contribution < -0.4 is 10.5 Å². The Kier molecular flexibility index (Phi) is 5.63. The van der Waals surface area contributed by atoms with Crippen molar-refractivity contribution in [3.8, 4) is 5.75 Å². The molecule has 0 spiro atoms. The summed E-state index contributed by atoms with van der Waals surface area (Å²) in [7, 11) is 0. The minimum Gasteiger partial charge on any atom is -0.492 e. The van der Waals surface area contributed by atoms with E-state index in [0.29, 0.717) is 13.2 Å². The van der Waals surface area contributed by atoms with E-state index in [2.05, 4.69) is 17.9 Å². The van der Waals surface area contributed by atoms with Gasteiger partial charge in [0.2, 0.25) is 0 Å². The van der Waals surface area contributed by atoms with Crippen molar-refractivity contribution >= 4 is 0 Å². The van der Waals surface area contributed by atoms with E-state index in [9.17, 15) is 0 Å². The van der Waals surface area contributed by atoms with Crippen LogP contribution in [0.1, 0.15) is 12.5 Å². The van der Waals surface area contributed by atoms with Crippen LogP contribution >= 0.6 is 0 Å². The lowest BCUT2D eigenvalue weighted by Gasteiger charge is -2.33. The molecular formula is C15H24N2O2. The molecule has 106 valence electrons. The van der Waals surface area contributed by atoms with Gasteiger partial charge in [0.25, 0.3) is 0 Å². The summed E-state index contributed by atoms with van der Waals surface area (Å²) in [6.07, 6.45) is 0.987. The number of benzene rings is 1. The lowest BCUT2D eigenvalue weighted by atomic mass is 10.1. The molecule has 0 aliphatic carbocycles. The molecule has 0 saturated carbocycles. The maximum absolute atomic E-state index is 5.97. The van der Waals surface area contributed by atoms with Gasteiger partial charge >= 0.3 is 0 Å². The van der Waals surface area contributed by atoms with Gasteiger partial charge in [0, 0.05) is 19.6 Å². The normalized spacial score (nSPS) is 18.2. The topological polar surface area (TPSA) is 47.7 Å². The average Bonchev–Trinajstić information content (AvgIpc) is 2.49. The zero-order valence-electron chi connectivity index (χ0n) is 11.7. The number of hydrogen-bond acceptors (Lipinski definition) is 4. The smallest absolute Gasteiger partial charge is 0.122 e. The third-order valence-electron chi connectivity index (χ3n) is 3.62. The molecule has 0 radical (unpaired) electrons. The van der Waals surface area contributed by atoms with Gasteiger partial charge < -0.3 is 15.2 Å². The van der Waals surface area contributed by atoms with Crippen molar-refractivity contribution in [3.05, 3.63) is 29.8 Å². The summed E-state index contributed by atoms with van der Waals surface area (Å²) in [5, 5.41) is 0. The first-order valence-corrected chi connectivity index (χ1v) is 7.07. The number of hydrogen-bond donors (Lipinski definition) is 1. The Balaban J connectivity index is 1.91. The molecule has 2 rings (SSSR count). The quantitative estimate of drug-likeness (QED) is 0.841. The van der Waals surface area contributed by atoms with Crippen LogP contribution in [0, 0.1) is 0 Å². The van der Waals surface area contributed by atoms with Gasteiger partial charge in [0.1, 0.15) is 12.4 Å². The summed E-state index contributed by atoms with van der Waals surface area (Å²) >= 11 is 0. The lowest BCUT2D eigenvalue weighted by molar-refractivity contribution is 0.00816. The maximum Gasteiger partial charge on any atom is 0.122 e. The summed E-state index contributed by atoms with van der Waals surface area (Å²) < 4.78 is 11.3. The van der Waals surface area contributed by atoms with Crippen LogP contribution in [0.25, 0.3) is 0 Å². The minimum absolute atomic E-state index is 0.272. The number of aryl methyl sites for hydroxylation is 1. The molecule has 1 aromatic carbocycles. The Morgan fingerprint density at radius 3 is 2.74 bits per heavy atom. The van der Waals surface area contributed by atoms with Crippen LogP contribution in [0.5, 0.6) is 5.75 Å². The Hall–Kier alpha value is -1.10. The molecule has 0 bridgehead atoms. The molecule has 2 N–H and O–H groups in total. The summed E-state index contributed by atoms with van der Waals surface area (Å²) in [4.78, 5) is 2.36. The van der Waals surface area contributed by atoms with E-state index in [4.69, 9.17) is 15.2 Å². The number of rotatable bonds is 6. The van der Waals surface area contributed by atoms with E-state index in [1.54, 1.807) is 0 Å². The van der Waals surface area contributed by atoms with Crippen LogP contribution in [0.15, 0.2) is 24.3 Å². The van der Waals surface area contributed by atoms with Gasteiger partial charge in [-0.2, -0.15) is 0 Å². The summed E-state index contributed by atoms with van der Waals surface area (Å²) in [6, 6.07) is 8.48. The van der Waals surface area contributed by atoms with E-state index in [1.807, 2.05) is 18.2 Å². The van der Waals surface area contributed by atoms with Gasteiger partial charge in [-0.25, -0.2) is 0 Å². The Bertz CT molecular complexity index is 378. The summed E-state index contributed by atoms with van der Waals surface area (Å²) in [6.45, 7) is 6.89. The molecule has 1 atom stereocenters. The highest BCUT2D eigenvalue weighted by atomic mass is 16.5. The highest BCUT2D eigenvalue weighted by molar-refractivity contribution is 5.33. The van der Waals surface area contributed by atoms with Gasteiger partial charge in [-0.3, -0.25) is 4.90 Å². The van der Waals surface area contributed by atoms with Gasteiger partial charge in [-0.05, 0) is 18.1 Å². The minimum atomic E-state index is 0.272. The van der Waals surface area contributed by atoms with Crippen LogP contribution in [0.4, 0.5) is 0 Å². The Labute approximate surface area is 115 Å². The number of para-hydroxylation sites is 1. The molecule has 4 heteroatoms. The molecule has 1 unspecified atom stereocenters. The Morgan fingerprint density at radius 1 is 1.32 bits per heavy atom. The van der Waals surface area contributed by atoms with Gasteiger partial charge in [-0.1, -0.05) is 25.1 Å². The Morgan fingerprint density at radius 2 is 2.05 bits per heavy atom. The number of nitrogens with zero attached hydrogens (tertiary/aromatic N) is 1. The average molecular weight is 264 g/mol. The predicted octanol–water partition coefficient (Wildman–Crippen LogP) is 1.29. The predicted molar refractivity (Wildman–Crippen MR) is 76.5 cm³/mol. The van der Waals surface area contributed by atoms with Gasteiger partial charge in [-0.15, -0.1) is 0 Å². The highest BCUT2D eigenvalue weighted by Crippen LogP contribution is 2.19. The monoisotopic (exact) mass is 264 g/mol. The van der Waals surface area contributed by atoms with Crippen molar-refractivity contribution in [2.45, 2.75) is 19.4 Å². The van der Waals surface area contributed by atoms with Gasteiger partial charge in [0.05, 0.1) is 19.3 Å². The molecule has 0 amide bonds. The van der Waals surface area contributed by atoms with Crippen LogP contribution in [0.3, 0.4) is 0 Å². The van der Waals surface area contributed by atoms with E-state index in [1.165, 1.54) is 5.56 Å².